The summed E-state index contributed by atoms with van der Waals surface area (Å²) >= 11 is 0. The van der Waals surface area contributed by atoms with Crippen LogP contribution in [0, 0.1) is 23.7 Å². The maximum absolute atomic E-state index is 11.5. The summed E-state index contributed by atoms with van der Waals surface area (Å²) < 4.78 is 9.84. The van der Waals surface area contributed by atoms with E-state index in [-0.39, 0.29) is 0 Å². The molecular formula is C22H18O5. The van der Waals surface area contributed by atoms with E-state index < -0.39 is 30.4 Å². The van der Waals surface area contributed by atoms with E-state index in [1.165, 1.54) is 7.11 Å². The van der Waals surface area contributed by atoms with E-state index in [0.29, 0.717) is 5.56 Å². The monoisotopic (exact) mass is 362 g/mol. The fourth-order valence-corrected chi connectivity index (χ4v) is 2.56. The number of carbonyl (C=O) groups excluding carboxylic acids is 1. The number of ether oxygens (including phenoxy) is 2. The third-order valence-electron chi connectivity index (χ3n) is 4.07. The lowest BCUT2D eigenvalue weighted by atomic mass is 10.1. The van der Waals surface area contributed by atoms with E-state index in [0.717, 1.165) is 11.1 Å². The van der Waals surface area contributed by atoms with E-state index >= 15 is 0 Å². The molecule has 3 rings (SSSR count). The number of esters is 1. The summed E-state index contributed by atoms with van der Waals surface area (Å²) in [5, 5.41) is 19.8. The molecule has 0 bridgehead atoms. The minimum atomic E-state index is -1.37. The zero-order valence-corrected chi connectivity index (χ0v) is 14.6. The van der Waals surface area contributed by atoms with Crippen molar-refractivity contribution in [2.24, 2.45) is 0 Å². The predicted molar refractivity (Wildman–Crippen MR) is 98.4 cm³/mol. The fraction of sp³-hybridized carbons (Fsp3) is 0.227. The Morgan fingerprint density at radius 2 is 1.44 bits per heavy atom. The van der Waals surface area contributed by atoms with E-state index in [9.17, 15) is 15.0 Å². The van der Waals surface area contributed by atoms with Gasteiger partial charge in [0.25, 0.3) is 0 Å². The zero-order valence-electron chi connectivity index (χ0n) is 14.6. The Bertz CT molecular complexity index is 912. The first-order valence-electron chi connectivity index (χ1n) is 8.36. The van der Waals surface area contributed by atoms with Crippen molar-refractivity contribution >= 4 is 5.97 Å². The lowest BCUT2D eigenvalue weighted by Gasteiger charge is -2.10. The molecule has 0 saturated carbocycles. The predicted octanol–water partition coefficient (Wildman–Crippen LogP) is 1.10. The molecule has 0 amide bonds. The maximum atomic E-state index is 11.5. The first-order valence-corrected chi connectivity index (χ1v) is 8.36. The van der Waals surface area contributed by atoms with Gasteiger partial charge in [0.1, 0.15) is 18.3 Å². The third kappa shape index (κ3) is 4.55. The minimum absolute atomic E-state index is 0.701. The molecule has 0 spiro atoms. The van der Waals surface area contributed by atoms with E-state index in [1.807, 2.05) is 42.5 Å². The van der Waals surface area contributed by atoms with Crippen LogP contribution in [0.2, 0.25) is 0 Å². The van der Waals surface area contributed by atoms with Gasteiger partial charge in [-0.05, 0) is 36.4 Å². The Labute approximate surface area is 157 Å². The van der Waals surface area contributed by atoms with Crippen LogP contribution < -0.4 is 0 Å². The molecule has 2 aromatic carbocycles. The first-order chi connectivity index (χ1) is 13.1. The Morgan fingerprint density at radius 1 is 0.889 bits per heavy atom. The number of aliphatic hydroxyl groups is 2. The highest BCUT2D eigenvalue weighted by Gasteiger charge is 2.46. The highest BCUT2D eigenvalue weighted by Crippen LogP contribution is 2.22. The van der Waals surface area contributed by atoms with Gasteiger partial charge in [0, 0.05) is 16.7 Å². The highest BCUT2D eigenvalue weighted by atomic mass is 16.6. The van der Waals surface area contributed by atoms with Crippen molar-refractivity contribution in [3.63, 3.8) is 0 Å². The van der Waals surface area contributed by atoms with Crippen LogP contribution in [0.3, 0.4) is 0 Å². The molecule has 2 aromatic rings. The Hall–Kier alpha value is -3.09. The second-order valence-corrected chi connectivity index (χ2v) is 5.94. The summed E-state index contributed by atoms with van der Waals surface area (Å²) in [4.78, 5) is 11.5. The summed E-state index contributed by atoms with van der Waals surface area (Å²) in [5.41, 5.74) is 2.49. The smallest absolute Gasteiger partial charge is 0.337 e. The number of hydrogen-bond donors (Lipinski definition) is 2. The number of aliphatic hydroxyl groups excluding tert-OH is 2. The molecule has 5 heteroatoms. The van der Waals surface area contributed by atoms with E-state index in [2.05, 4.69) is 28.4 Å². The summed E-state index contributed by atoms with van der Waals surface area (Å²) in [5.74, 6) is 11.0. The molecular weight excluding hydrogens is 344 g/mol. The van der Waals surface area contributed by atoms with Gasteiger partial charge in [-0.25, -0.2) is 4.79 Å². The van der Waals surface area contributed by atoms with Crippen LogP contribution in [0.25, 0.3) is 0 Å². The van der Waals surface area contributed by atoms with Crippen molar-refractivity contribution in [3.8, 4) is 23.7 Å². The highest BCUT2D eigenvalue weighted by molar-refractivity contribution is 5.76. The molecule has 136 valence electrons. The summed E-state index contributed by atoms with van der Waals surface area (Å²) in [6, 6.07) is 17.0. The molecule has 4 atom stereocenters. The van der Waals surface area contributed by atoms with Gasteiger partial charge in [0.2, 0.25) is 0 Å². The maximum Gasteiger partial charge on any atom is 0.337 e. The standard InChI is InChI=1S/C22H18O5/c1-26-22(25)21-20(24)19(23)18(27-21)14-13-17-11-9-16(10-12-17)8-7-15-5-3-2-4-6-15/h2-6,9-12,18-21,23-24H,1H3/t18-,19+,20+,21-/m0/s1. The number of rotatable bonds is 1. The van der Waals surface area contributed by atoms with E-state index in [4.69, 9.17) is 4.74 Å². The van der Waals surface area contributed by atoms with Crippen LogP contribution in [-0.2, 0) is 14.3 Å². The Morgan fingerprint density at radius 3 is 2.04 bits per heavy atom. The normalized spacial score (nSPS) is 23.5. The molecule has 27 heavy (non-hydrogen) atoms. The number of methoxy groups -OCH3 is 1. The summed E-state index contributed by atoms with van der Waals surface area (Å²) in [6.45, 7) is 0. The van der Waals surface area contributed by atoms with Crippen molar-refractivity contribution in [3.05, 3.63) is 71.3 Å². The van der Waals surface area contributed by atoms with Gasteiger partial charge in [-0.1, -0.05) is 41.9 Å². The molecule has 0 aromatic heterocycles. The average molecular weight is 362 g/mol. The zero-order chi connectivity index (χ0) is 19.2. The van der Waals surface area contributed by atoms with Crippen LogP contribution in [0.15, 0.2) is 54.6 Å². The quantitative estimate of drug-likeness (QED) is 0.587. The molecule has 1 aliphatic rings. The molecule has 1 aliphatic heterocycles. The van der Waals surface area contributed by atoms with Gasteiger partial charge in [0.15, 0.2) is 6.10 Å². The SMILES string of the molecule is COC(=O)[C@H]1O[C@@H](C#Cc2ccc(C#Cc3ccccc3)cc2)[C@@H](O)[C@H]1O. The van der Waals surface area contributed by atoms with Crippen molar-refractivity contribution in [1.29, 1.82) is 0 Å². The third-order valence-corrected chi connectivity index (χ3v) is 4.07. The number of hydrogen-bond acceptors (Lipinski definition) is 5. The molecule has 0 radical (unpaired) electrons. The van der Waals surface area contributed by atoms with Crippen LogP contribution in [0.5, 0.6) is 0 Å². The molecule has 0 aliphatic carbocycles. The molecule has 5 nitrogen and oxygen atoms in total. The van der Waals surface area contributed by atoms with Crippen LogP contribution in [0.4, 0.5) is 0 Å². The lowest BCUT2D eigenvalue weighted by Crippen LogP contribution is -2.36. The minimum Gasteiger partial charge on any atom is -0.467 e. The second kappa shape index (κ2) is 8.53. The Kier molecular flexibility index (Phi) is 5.90. The Balaban J connectivity index is 1.68. The van der Waals surface area contributed by atoms with E-state index in [1.54, 1.807) is 12.1 Å². The number of benzene rings is 2. The van der Waals surface area contributed by atoms with Gasteiger partial charge in [-0.15, -0.1) is 0 Å². The molecule has 2 N–H and O–H groups in total. The second-order valence-electron chi connectivity index (χ2n) is 5.94. The fourth-order valence-electron chi connectivity index (χ4n) is 2.56. The summed E-state index contributed by atoms with van der Waals surface area (Å²) in [7, 11) is 1.19. The van der Waals surface area contributed by atoms with Crippen molar-refractivity contribution in [1.82, 2.24) is 0 Å². The average Bonchev–Trinajstić information content (AvgIpc) is 3.00. The van der Waals surface area contributed by atoms with Crippen LogP contribution in [-0.4, -0.2) is 47.7 Å². The van der Waals surface area contributed by atoms with Crippen molar-refractivity contribution in [2.45, 2.75) is 24.4 Å². The number of carbonyl (C=O) groups is 1. The van der Waals surface area contributed by atoms with Gasteiger partial charge >= 0.3 is 5.97 Å². The van der Waals surface area contributed by atoms with Crippen LogP contribution >= 0.6 is 0 Å². The summed E-state index contributed by atoms with van der Waals surface area (Å²) in [6.07, 6.45) is -4.86. The topological polar surface area (TPSA) is 76.0 Å². The van der Waals surface area contributed by atoms with Crippen LogP contribution in [0.1, 0.15) is 16.7 Å². The molecule has 1 fully saturated rings. The lowest BCUT2D eigenvalue weighted by molar-refractivity contribution is -0.156. The van der Waals surface area contributed by atoms with Gasteiger partial charge in [-0.2, -0.15) is 0 Å². The molecule has 1 heterocycles. The van der Waals surface area contributed by atoms with Gasteiger partial charge in [-0.3, -0.25) is 0 Å². The first kappa shape index (κ1) is 18.7. The largest absolute Gasteiger partial charge is 0.467 e. The van der Waals surface area contributed by atoms with Crippen molar-refractivity contribution < 1.29 is 24.5 Å². The van der Waals surface area contributed by atoms with Gasteiger partial charge < -0.3 is 19.7 Å². The molecule has 0 unspecified atom stereocenters. The molecule has 1 saturated heterocycles. The van der Waals surface area contributed by atoms with Gasteiger partial charge in [0.05, 0.1) is 7.11 Å². The van der Waals surface area contributed by atoms with Crippen molar-refractivity contribution in [2.75, 3.05) is 7.11 Å².